The second kappa shape index (κ2) is 11.0. The van der Waals surface area contributed by atoms with Crippen LogP contribution in [0.15, 0.2) is 180 Å². The first-order chi connectivity index (χ1) is 24.3. The summed E-state index contributed by atoms with van der Waals surface area (Å²) < 4.78 is 6.13. The summed E-state index contributed by atoms with van der Waals surface area (Å²) in [6.07, 6.45) is 0. The van der Waals surface area contributed by atoms with Crippen LogP contribution in [-0.2, 0) is 0 Å². The molecule has 0 amide bonds. The fraction of sp³-hybridized carbons (Fsp3) is 0. The Morgan fingerprint density at radius 2 is 0.878 bits per heavy atom. The van der Waals surface area contributed by atoms with Crippen molar-refractivity contribution < 1.29 is 4.42 Å². The molecule has 0 aliphatic rings. The number of hydrogen-bond donors (Lipinski definition) is 0. The average molecular weight is 624 g/mol. The number of furan rings is 1. The van der Waals surface area contributed by atoms with E-state index in [-0.39, 0.29) is 0 Å². The first kappa shape index (κ1) is 27.6. The number of nitrogens with zero attached hydrogens (tertiary/aromatic N) is 1. The molecule has 0 N–H and O–H groups in total. The van der Waals surface area contributed by atoms with Crippen molar-refractivity contribution in [3.63, 3.8) is 0 Å². The molecule has 0 saturated heterocycles. The van der Waals surface area contributed by atoms with Crippen molar-refractivity contribution in [1.29, 1.82) is 0 Å². The van der Waals surface area contributed by atoms with Crippen LogP contribution < -0.4 is 0 Å². The van der Waals surface area contributed by atoms with E-state index in [1.807, 2.05) is 12.1 Å². The van der Waals surface area contributed by atoms with E-state index in [1.54, 1.807) is 0 Å². The fourth-order valence-electron chi connectivity index (χ4n) is 7.53. The molecule has 228 valence electrons. The van der Waals surface area contributed by atoms with Gasteiger partial charge in [0, 0.05) is 21.9 Å². The van der Waals surface area contributed by atoms with Gasteiger partial charge in [-0.1, -0.05) is 140 Å². The Morgan fingerprint density at radius 3 is 1.67 bits per heavy atom. The van der Waals surface area contributed by atoms with E-state index in [0.717, 1.165) is 50.0 Å². The Kier molecular flexibility index (Phi) is 6.22. The van der Waals surface area contributed by atoms with Crippen LogP contribution in [0, 0.1) is 0 Å². The number of hydrogen-bond acceptors (Lipinski definition) is 2. The highest BCUT2D eigenvalue weighted by Gasteiger charge is 2.17. The van der Waals surface area contributed by atoms with Gasteiger partial charge in [0.05, 0.1) is 11.4 Å². The maximum atomic E-state index is 6.13. The summed E-state index contributed by atoms with van der Waals surface area (Å²) in [5.74, 6) is 0. The maximum Gasteiger partial charge on any atom is 0.135 e. The van der Waals surface area contributed by atoms with Gasteiger partial charge in [-0.2, -0.15) is 0 Å². The molecule has 2 aromatic heterocycles. The third kappa shape index (κ3) is 4.53. The molecular weight excluding hydrogens is 595 g/mol. The lowest BCUT2D eigenvalue weighted by Crippen LogP contribution is -1.93. The lowest BCUT2D eigenvalue weighted by Gasteiger charge is -2.16. The van der Waals surface area contributed by atoms with Crippen molar-refractivity contribution in [2.45, 2.75) is 0 Å². The highest BCUT2D eigenvalue weighted by molar-refractivity contribution is 6.28. The number of para-hydroxylation sites is 1. The van der Waals surface area contributed by atoms with Crippen molar-refractivity contribution in [3.05, 3.63) is 176 Å². The number of aromatic nitrogens is 1. The van der Waals surface area contributed by atoms with E-state index >= 15 is 0 Å². The molecule has 8 aromatic carbocycles. The van der Waals surface area contributed by atoms with Crippen LogP contribution in [0.5, 0.6) is 0 Å². The van der Waals surface area contributed by atoms with Gasteiger partial charge in [0.15, 0.2) is 0 Å². The van der Waals surface area contributed by atoms with Gasteiger partial charge in [-0.25, -0.2) is 4.98 Å². The van der Waals surface area contributed by atoms with E-state index in [2.05, 4.69) is 164 Å². The summed E-state index contributed by atoms with van der Waals surface area (Å²) in [7, 11) is 0. The molecule has 2 heterocycles. The fourth-order valence-corrected chi connectivity index (χ4v) is 7.53. The molecule has 0 unspecified atom stereocenters. The Bertz CT molecular complexity index is 2780. The molecule has 0 aliphatic carbocycles. The van der Waals surface area contributed by atoms with Gasteiger partial charge >= 0.3 is 0 Å². The molecule has 2 heteroatoms. The first-order valence-corrected chi connectivity index (χ1v) is 16.7. The van der Waals surface area contributed by atoms with E-state index in [0.29, 0.717) is 0 Å². The third-order valence-electron chi connectivity index (χ3n) is 9.85. The van der Waals surface area contributed by atoms with E-state index in [1.165, 1.54) is 49.0 Å². The van der Waals surface area contributed by atoms with Crippen LogP contribution in [0.25, 0.3) is 99.0 Å². The molecule has 0 fully saturated rings. The van der Waals surface area contributed by atoms with Gasteiger partial charge in [-0.3, -0.25) is 0 Å². The molecule has 0 aliphatic heterocycles. The summed E-state index contributed by atoms with van der Waals surface area (Å²) in [5, 5.41) is 9.66. The molecule has 0 saturated carbocycles. The Labute approximate surface area is 283 Å². The van der Waals surface area contributed by atoms with Crippen LogP contribution in [0.4, 0.5) is 0 Å². The number of fused-ring (bicyclic) bond motifs is 9. The van der Waals surface area contributed by atoms with Crippen LogP contribution in [-0.4, -0.2) is 4.98 Å². The SMILES string of the molecule is c1ccc(-c2cc(-c3ccccc3)nc(-c3cccc4c5ccc(-c6ccc7oc8ccccc8c7c6)cc5c5ccccc5c34)c2)cc1. The van der Waals surface area contributed by atoms with E-state index in [4.69, 9.17) is 9.40 Å². The largest absolute Gasteiger partial charge is 0.456 e. The number of pyridine rings is 1. The average Bonchev–Trinajstić information content (AvgIpc) is 3.56. The highest BCUT2D eigenvalue weighted by atomic mass is 16.3. The standard InChI is InChI=1S/C47H29NO/c1-3-12-30(13-4-1)34-28-43(31-14-5-2-6-15-31)48-44(29-34)40-20-11-19-39-36-24-22-32(26-41(36)35-16-7-8-18-38(35)47(39)40)33-23-25-46-42(27-33)37-17-9-10-21-45(37)49-46/h1-29H. The van der Waals surface area contributed by atoms with Crippen LogP contribution >= 0.6 is 0 Å². The van der Waals surface area contributed by atoms with Crippen molar-refractivity contribution in [1.82, 2.24) is 4.98 Å². The molecule has 10 rings (SSSR count). The topological polar surface area (TPSA) is 26.0 Å². The summed E-state index contributed by atoms with van der Waals surface area (Å²) in [4.78, 5) is 5.32. The van der Waals surface area contributed by atoms with Crippen molar-refractivity contribution in [2.24, 2.45) is 0 Å². The van der Waals surface area contributed by atoms with Gasteiger partial charge in [-0.05, 0) is 91.0 Å². The van der Waals surface area contributed by atoms with E-state index < -0.39 is 0 Å². The number of rotatable bonds is 4. The monoisotopic (exact) mass is 623 g/mol. The van der Waals surface area contributed by atoms with Crippen molar-refractivity contribution in [3.8, 4) is 44.8 Å². The van der Waals surface area contributed by atoms with Crippen molar-refractivity contribution in [2.75, 3.05) is 0 Å². The minimum atomic E-state index is 0.912. The predicted molar refractivity (Wildman–Crippen MR) is 206 cm³/mol. The Hall–Kier alpha value is -6.51. The lowest BCUT2D eigenvalue weighted by molar-refractivity contribution is 0.669. The Morgan fingerprint density at radius 1 is 0.306 bits per heavy atom. The lowest BCUT2D eigenvalue weighted by atomic mass is 9.88. The molecule has 0 atom stereocenters. The van der Waals surface area contributed by atoms with Crippen LogP contribution in [0.2, 0.25) is 0 Å². The summed E-state index contributed by atoms with van der Waals surface area (Å²) in [6, 6.07) is 62.7. The zero-order valence-corrected chi connectivity index (χ0v) is 26.6. The molecule has 0 spiro atoms. The maximum absolute atomic E-state index is 6.13. The van der Waals surface area contributed by atoms with E-state index in [9.17, 15) is 0 Å². The predicted octanol–water partition coefficient (Wildman–Crippen LogP) is 13.1. The molecule has 49 heavy (non-hydrogen) atoms. The molecule has 0 bridgehead atoms. The zero-order valence-electron chi connectivity index (χ0n) is 26.6. The zero-order chi connectivity index (χ0) is 32.3. The summed E-state index contributed by atoms with van der Waals surface area (Å²) >= 11 is 0. The molecule has 0 radical (unpaired) electrons. The normalized spacial score (nSPS) is 11.7. The Balaban J connectivity index is 1.21. The second-order valence-electron chi connectivity index (χ2n) is 12.7. The first-order valence-electron chi connectivity index (χ1n) is 16.7. The van der Waals surface area contributed by atoms with Crippen LogP contribution in [0.1, 0.15) is 0 Å². The minimum absolute atomic E-state index is 0.912. The van der Waals surface area contributed by atoms with Gasteiger partial charge in [0.2, 0.25) is 0 Å². The van der Waals surface area contributed by atoms with Gasteiger partial charge in [0.1, 0.15) is 11.2 Å². The molecule has 2 nitrogen and oxygen atoms in total. The molecular formula is C47H29NO. The molecule has 10 aromatic rings. The highest BCUT2D eigenvalue weighted by Crippen LogP contribution is 2.42. The smallest absolute Gasteiger partial charge is 0.135 e. The number of benzene rings is 8. The van der Waals surface area contributed by atoms with Gasteiger partial charge in [0.25, 0.3) is 0 Å². The van der Waals surface area contributed by atoms with Gasteiger partial charge in [-0.15, -0.1) is 0 Å². The summed E-state index contributed by atoms with van der Waals surface area (Å²) in [6.45, 7) is 0. The minimum Gasteiger partial charge on any atom is -0.456 e. The van der Waals surface area contributed by atoms with Crippen molar-refractivity contribution >= 4 is 54.3 Å². The van der Waals surface area contributed by atoms with Crippen LogP contribution in [0.3, 0.4) is 0 Å². The van der Waals surface area contributed by atoms with Gasteiger partial charge < -0.3 is 4.42 Å². The third-order valence-corrected chi connectivity index (χ3v) is 9.85. The summed E-state index contributed by atoms with van der Waals surface area (Å²) in [5.41, 5.74) is 10.7. The quantitative estimate of drug-likeness (QED) is 0.182. The second-order valence-corrected chi connectivity index (χ2v) is 12.7.